The highest BCUT2D eigenvalue weighted by molar-refractivity contribution is 5.89. The fourth-order valence-corrected chi connectivity index (χ4v) is 2.95. The Morgan fingerprint density at radius 3 is 2.52 bits per heavy atom. The second-order valence-electron chi connectivity index (χ2n) is 6.59. The summed E-state index contributed by atoms with van der Waals surface area (Å²) in [5.41, 5.74) is 2.04. The van der Waals surface area contributed by atoms with E-state index in [0.29, 0.717) is 37.6 Å². The normalized spacial score (nSPS) is 10.8. The van der Waals surface area contributed by atoms with Crippen LogP contribution < -0.4 is 5.32 Å². The van der Waals surface area contributed by atoms with Crippen LogP contribution in [0.3, 0.4) is 0 Å². The molecule has 1 N–H and O–H groups in total. The molecule has 1 amide bonds. The molecule has 4 aromatic rings. The third-order valence-corrected chi connectivity index (χ3v) is 4.41. The van der Waals surface area contributed by atoms with E-state index < -0.39 is 0 Å². The van der Waals surface area contributed by atoms with Crippen molar-refractivity contribution in [2.75, 3.05) is 5.32 Å². The van der Waals surface area contributed by atoms with Crippen LogP contribution in [0, 0.1) is 0 Å². The van der Waals surface area contributed by atoms with E-state index in [9.17, 15) is 4.79 Å². The average molecular weight is 387 g/mol. The first-order valence-corrected chi connectivity index (χ1v) is 9.47. The molecule has 0 saturated carbocycles. The molecule has 0 spiro atoms. The smallest absolute Gasteiger partial charge is 0.225 e. The molecular weight excluding hydrogens is 366 g/mol. The molecule has 2 heterocycles. The highest BCUT2D eigenvalue weighted by Gasteiger charge is 2.09. The quantitative estimate of drug-likeness (QED) is 0.502. The van der Waals surface area contributed by atoms with Crippen LogP contribution in [0.4, 0.5) is 5.82 Å². The Hall–Kier alpha value is -3.81. The summed E-state index contributed by atoms with van der Waals surface area (Å²) in [4.78, 5) is 13.8. The van der Waals surface area contributed by atoms with E-state index in [0.717, 1.165) is 11.1 Å². The summed E-state index contributed by atoms with van der Waals surface area (Å²) in [7, 11) is 0. The molecule has 8 nitrogen and oxygen atoms in total. The maximum absolute atomic E-state index is 12.3. The maximum Gasteiger partial charge on any atom is 0.225 e. The van der Waals surface area contributed by atoms with E-state index in [1.165, 1.54) is 4.80 Å². The van der Waals surface area contributed by atoms with Crippen LogP contribution in [0.2, 0.25) is 0 Å². The molecule has 0 radical (unpaired) electrons. The van der Waals surface area contributed by atoms with E-state index in [4.69, 9.17) is 0 Å². The zero-order valence-corrected chi connectivity index (χ0v) is 15.8. The highest BCUT2D eigenvalue weighted by Crippen LogP contribution is 2.13. The van der Waals surface area contributed by atoms with E-state index in [1.807, 2.05) is 60.7 Å². The van der Waals surface area contributed by atoms with Crippen LogP contribution >= 0.6 is 0 Å². The summed E-state index contributed by atoms with van der Waals surface area (Å²) in [6, 6.07) is 21.5. The van der Waals surface area contributed by atoms with Crippen molar-refractivity contribution < 1.29 is 4.79 Å². The number of nitrogens with zero attached hydrogens (tertiary/aromatic N) is 6. The number of carbonyl (C=O) groups is 1. The van der Waals surface area contributed by atoms with Gasteiger partial charge in [0, 0.05) is 18.1 Å². The largest absolute Gasteiger partial charge is 0.311 e. The molecule has 0 aliphatic heterocycles. The van der Waals surface area contributed by atoms with Crippen LogP contribution in [0.15, 0.2) is 72.9 Å². The third kappa shape index (κ3) is 4.92. The second-order valence-corrected chi connectivity index (χ2v) is 6.59. The van der Waals surface area contributed by atoms with E-state index in [2.05, 4.69) is 25.8 Å². The van der Waals surface area contributed by atoms with Crippen molar-refractivity contribution in [2.45, 2.75) is 25.9 Å². The minimum atomic E-state index is -0.0665. The number of benzene rings is 2. The second kappa shape index (κ2) is 8.92. The van der Waals surface area contributed by atoms with Crippen LogP contribution in [-0.4, -0.2) is 35.9 Å². The summed E-state index contributed by atoms with van der Waals surface area (Å²) in [5.74, 6) is 1.20. The van der Waals surface area contributed by atoms with Crippen LogP contribution in [0.25, 0.3) is 11.4 Å². The van der Waals surface area contributed by atoms with Gasteiger partial charge < -0.3 is 5.32 Å². The van der Waals surface area contributed by atoms with Gasteiger partial charge in [0.15, 0.2) is 0 Å². The standard InChI is InChI=1S/C21H21N7O/c29-20(23-19-13-14-22-27(19)16-17-8-3-1-4-9-17)12-7-15-28-25-21(24-26-28)18-10-5-2-6-11-18/h1-6,8-11,13-14H,7,12,15-16H2,(H,23,29). The Bertz CT molecular complexity index is 1060. The zero-order valence-electron chi connectivity index (χ0n) is 15.8. The number of carbonyl (C=O) groups excluding carboxylic acids is 1. The van der Waals surface area contributed by atoms with Crippen molar-refractivity contribution in [1.82, 2.24) is 30.0 Å². The van der Waals surface area contributed by atoms with Gasteiger partial charge in [0.2, 0.25) is 11.7 Å². The van der Waals surface area contributed by atoms with Crippen LogP contribution in [-0.2, 0) is 17.9 Å². The molecule has 2 aromatic heterocycles. The molecule has 0 aliphatic rings. The molecule has 0 bridgehead atoms. The van der Waals surface area contributed by atoms with Gasteiger partial charge in [0.05, 0.1) is 19.3 Å². The fourth-order valence-electron chi connectivity index (χ4n) is 2.95. The summed E-state index contributed by atoms with van der Waals surface area (Å²) in [6.45, 7) is 1.13. The Morgan fingerprint density at radius 1 is 0.966 bits per heavy atom. The van der Waals surface area contributed by atoms with Crippen molar-refractivity contribution in [3.8, 4) is 11.4 Å². The molecule has 2 aromatic carbocycles. The molecule has 8 heteroatoms. The number of rotatable bonds is 8. The first-order valence-electron chi connectivity index (χ1n) is 9.47. The fraction of sp³-hybridized carbons (Fsp3) is 0.190. The van der Waals surface area contributed by atoms with E-state index >= 15 is 0 Å². The number of tetrazole rings is 1. The molecule has 29 heavy (non-hydrogen) atoms. The Balaban J connectivity index is 1.27. The van der Waals surface area contributed by atoms with Crippen LogP contribution in [0.1, 0.15) is 18.4 Å². The molecular formula is C21H21N7O. The van der Waals surface area contributed by atoms with Gasteiger partial charge in [0.1, 0.15) is 5.82 Å². The van der Waals surface area contributed by atoms with Crippen molar-refractivity contribution in [1.29, 1.82) is 0 Å². The lowest BCUT2D eigenvalue weighted by Gasteiger charge is -2.09. The topological polar surface area (TPSA) is 90.5 Å². The van der Waals surface area contributed by atoms with Gasteiger partial charge in [-0.2, -0.15) is 9.90 Å². The third-order valence-electron chi connectivity index (χ3n) is 4.41. The van der Waals surface area contributed by atoms with Crippen molar-refractivity contribution in [3.63, 3.8) is 0 Å². The molecule has 4 rings (SSSR count). The van der Waals surface area contributed by atoms with Gasteiger partial charge in [-0.05, 0) is 17.2 Å². The van der Waals surface area contributed by atoms with E-state index in [1.54, 1.807) is 16.9 Å². The average Bonchev–Trinajstić information content (AvgIpc) is 3.39. The Kier molecular flexibility index (Phi) is 5.70. The predicted octanol–water partition coefficient (Wildman–Crippen LogP) is 3.00. The molecule has 0 fully saturated rings. The minimum absolute atomic E-state index is 0.0665. The summed E-state index contributed by atoms with van der Waals surface area (Å²) in [6.07, 6.45) is 2.66. The first kappa shape index (κ1) is 18.5. The van der Waals surface area contributed by atoms with Gasteiger partial charge in [-0.15, -0.1) is 10.2 Å². The summed E-state index contributed by atoms with van der Waals surface area (Å²) < 4.78 is 1.78. The number of hydrogen-bond donors (Lipinski definition) is 1. The van der Waals surface area contributed by atoms with Gasteiger partial charge in [0.25, 0.3) is 0 Å². The zero-order chi connectivity index (χ0) is 19.9. The maximum atomic E-state index is 12.3. The number of aromatic nitrogens is 6. The summed E-state index contributed by atoms with van der Waals surface area (Å²) >= 11 is 0. The number of amides is 1. The van der Waals surface area contributed by atoms with Gasteiger partial charge in [-0.3, -0.25) is 4.79 Å². The van der Waals surface area contributed by atoms with Crippen LogP contribution in [0.5, 0.6) is 0 Å². The van der Waals surface area contributed by atoms with Gasteiger partial charge >= 0.3 is 0 Å². The monoisotopic (exact) mass is 387 g/mol. The van der Waals surface area contributed by atoms with Crippen molar-refractivity contribution in [2.24, 2.45) is 0 Å². The van der Waals surface area contributed by atoms with Crippen molar-refractivity contribution >= 4 is 11.7 Å². The molecule has 146 valence electrons. The first-order chi connectivity index (χ1) is 14.3. The lowest BCUT2D eigenvalue weighted by atomic mass is 10.2. The number of aryl methyl sites for hydroxylation is 1. The minimum Gasteiger partial charge on any atom is -0.311 e. The van der Waals surface area contributed by atoms with Gasteiger partial charge in [-0.25, -0.2) is 4.68 Å². The summed E-state index contributed by atoms with van der Waals surface area (Å²) in [5, 5.41) is 19.7. The number of hydrogen-bond acceptors (Lipinski definition) is 5. The number of nitrogens with one attached hydrogen (secondary N) is 1. The van der Waals surface area contributed by atoms with E-state index in [-0.39, 0.29) is 5.91 Å². The molecule has 0 aliphatic carbocycles. The lowest BCUT2D eigenvalue weighted by Crippen LogP contribution is -2.16. The predicted molar refractivity (Wildman–Crippen MR) is 109 cm³/mol. The SMILES string of the molecule is O=C(CCCn1nnc(-c2ccccc2)n1)Nc1ccnn1Cc1ccccc1. The van der Waals surface area contributed by atoms with Crippen molar-refractivity contribution in [3.05, 3.63) is 78.5 Å². The Morgan fingerprint density at radius 2 is 1.72 bits per heavy atom. The lowest BCUT2D eigenvalue weighted by molar-refractivity contribution is -0.116. The molecule has 0 saturated heterocycles. The Labute approximate surface area is 168 Å². The molecule has 0 atom stereocenters. The van der Waals surface area contributed by atoms with Gasteiger partial charge in [-0.1, -0.05) is 60.7 Å². The highest BCUT2D eigenvalue weighted by atomic mass is 16.1. The molecule has 0 unspecified atom stereocenters. The number of anilines is 1.